The summed E-state index contributed by atoms with van der Waals surface area (Å²) in [5.74, 6) is 3.09. The Bertz CT molecular complexity index is 1070. The average molecular weight is 413 g/mol. The summed E-state index contributed by atoms with van der Waals surface area (Å²) in [5, 5.41) is 11.2. The van der Waals surface area contributed by atoms with Gasteiger partial charge in [-0.3, -0.25) is 4.79 Å². The number of hydrogen-bond acceptors (Lipinski definition) is 9. The molecular formula is C19H15N3O6S. The van der Waals surface area contributed by atoms with Crippen LogP contribution in [0.25, 0.3) is 11.5 Å². The van der Waals surface area contributed by atoms with Crippen LogP contribution < -0.4 is 24.3 Å². The van der Waals surface area contributed by atoms with Gasteiger partial charge in [0, 0.05) is 12.1 Å². The lowest BCUT2D eigenvalue weighted by molar-refractivity contribution is -0.118. The average Bonchev–Trinajstić information content (AvgIpc) is 3.49. The van der Waals surface area contributed by atoms with Crippen LogP contribution in [-0.4, -0.2) is 35.4 Å². The molecule has 1 aromatic heterocycles. The number of fused-ring (bicyclic) bond motifs is 2. The quantitative estimate of drug-likeness (QED) is 0.611. The summed E-state index contributed by atoms with van der Waals surface area (Å²) < 4.78 is 26.9. The normalized spacial score (nSPS) is 13.5. The van der Waals surface area contributed by atoms with Crippen LogP contribution in [0.5, 0.6) is 23.0 Å². The molecular weight excluding hydrogens is 398 g/mol. The Balaban J connectivity index is 1.14. The highest BCUT2D eigenvalue weighted by atomic mass is 32.2. The smallest absolute Gasteiger partial charge is 0.277 e. The van der Waals surface area contributed by atoms with Crippen molar-refractivity contribution in [1.29, 1.82) is 0 Å². The van der Waals surface area contributed by atoms with E-state index in [0.29, 0.717) is 40.7 Å². The fraction of sp³-hybridized carbons (Fsp3) is 0.211. The number of benzene rings is 2. The number of ether oxygens (including phenoxy) is 4. The van der Waals surface area contributed by atoms with Crippen molar-refractivity contribution >= 4 is 17.7 Å². The standard InChI is InChI=1S/C19H15N3O6S/c23-17(20-7-11-1-3-13-15(5-11)26-9-24-13)8-29-19-22-21-18(28-19)12-2-4-14-16(6-12)27-10-25-14/h1-6H,7-10H2,(H,20,23). The van der Waals surface area contributed by atoms with Crippen molar-refractivity contribution in [1.82, 2.24) is 15.5 Å². The van der Waals surface area contributed by atoms with E-state index in [1.54, 1.807) is 12.1 Å². The molecule has 5 rings (SSSR count). The minimum atomic E-state index is -0.143. The maximum atomic E-state index is 12.1. The van der Waals surface area contributed by atoms with Gasteiger partial charge in [-0.2, -0.15) is 0 Å². The molecule has 9 nitrogen and oxygen atoms in total. The van der Waals surface area contributed by atoms with E-state index in [0.717, 1.165) is 11.1 Å². The van der Waals surface area contributed by atoms with Crippen LogP contribution in [-0.2, 0) is 11.3 Å². The van der Waals surface area contributed by atoms with Crippen LogP contribution in [0.1, 0.15) is 5.56 Å². The van der Waals surface area contributed by atoms with Gasteiger partial charge >= 0.3 is 0 Å². The zero-order valence-corrected chi connectivity index (χ0v) is 15.9. The molecule has 0 atom stereocenters. The van der Waals surface area contributed by atoms with Crippen LogP contribution in [0.15, 0.2) is 46.0 Å². The molecule has 148 valence electrons. The van der Waals surface area contributed by atoms with Crippen LogP contribution in [0.4, 0.5) is 0 Å². The van der Waals surface area contributed by atoms with Crippen molar-refractivity contribution in [3.05, 3.63) is 42.0 Å². The van der Waals surface area contributed by atoms with Crippen LogP contribution >= 0.6 is 11.8 Å². The van der Waals surface area contributed by atoms with Gasteiger partial charge in [-0.05, 0) is 35.9 Å². The molecule has 2 aliphatic rings. The van der Waals surface area contributed by atoms with Crippen LogP contribution in [0.2, 0.25) is 0 Å². The Morgan fingerprint density at radius 1 is 0.931 bits per heavy atom. The molecule has 0 spiro atoms. The highest BCUT2D eigenvalue weighted by molar-refractivity contribution is 7.99. The number of nitrogens with zero attached hydrogens (tertiary/aromatic N) is 2. The highest BCUT2D eigenvalue weighted by Crippen LogP contribution is 2.36. The van der Waals surface area contributed by atoms with Crippen molar-refractivity contribution in [2.75, 3.05) is 19.3 Å². The van der Waals surface area contributed by atoms with Crippen molar-refractivity contribution in [3.63, 3.8) is 0 Å². The Labute approximate surface area is 169 Å². The Morgan fingerprint density at radius 2 is 1.66 bits per heavy atom. The lowest BCUT2D eigenvalue weighted by Gasteiger charge is -2.05. The largest absolute Gasteiger partial charge is 0.454 e. The Morgan fingerprint density at radius 3 is 2.48 bits per heavy atom. The maximum Gasteiger partial charge on any atom is 0.277 e. The molecule has 0 aliphatic carbocycles. The van der Waals surface area contributed by atoms with Gasteiger partial charge in [0.1, 0.15) is 0 Å². The number of hydrogen-bond donors (Lipinski definition) is 1. The van der Waals surface area contributed by atoms with Crippen molar-refractivity contribution < 1.29 is 28.2 Å². The summed E-state index contributed by atoms with van der Waals surface area (Å²) in [7, 11) is 0. The molecule has 0 fully saturated rings. The number of aromatic nitrogens is 2. The van der Waals surface area contributed by atoms with Gasteiger partial charge < -0.3 is 28.7 Å². The molecule has 0 saturated heterocycles. The molecule has 0 bridgehead atoms. The number of rotatable bonds is 6. The van der Waals surface area contributed by atoms with Gasteiger partial charge in [-0.15, -0.1) is 10.2 Å². The molecule has 1 N–H and O–H groups in total. The molecule has 10 heteroatoms. The van der Waals surface area contributed by atoms with Crippen LogP contribution in [0.3, 0.4) is 0 Å². The fourth-order valence-corrected chi connectivity index (χ4v) is 3.44. The maximum absolute atomic E-state index is 12.1. The predicted octanol–water partition coefficient (Wildman–Crippen LogP) is 2.60. The van der Waals surface area contributed by atoms with E-state index < -0.39 is 0 Å². The third-order valence-corrected chi connectivity index (χ3v) is 5.10. The summed E-state index contributed by atoms with van der Waals surface area (Å²) in [6.45, 7) is 0.813. The van der Waals surface area contributed by atoms with Crippen molar-refractivity contribution in [3.8, 4) is 34.5 Å². The summed E-state index contributed by atoms with van der Waals surface area (Å²) in [5.41, 5.74) is 1.65. The molecule has 3 heterocycles. The van der Waals surface area contributed by atoms with Gasteiger partial charge in [0.2, 0.25) is 25.4 Å². The lowest BCUT2D eigenvalue weighted by atomic mass is 10.2. The van der Waals surface area contributed by atoms with Gasteiger partial charge in [0.15, 0.2) is 23.0 Å². The van der Waals surface area contributed by atoms with E-state index in [2.05, 4.69) is 15.5 Å². The second kappa shape index (κ2) is 7.55. The first-order chi connectivity index (χ1) is 14.2. The molecule has 0 saturated carbocycles. The number of nitrogens with one attached hydrogen (secondary N) is 1. The Hall–Kier alpha value is -3.40. The van der Waals surface area contributed by atoms with Gasteiger partial charge in [-0.25, -0.2) is 0 Å². The van der Waals surface area contributed by atoms with E-state index in [-0.39, 0.29) is 25.2 Å². The van der Waals surface area contributed by atoms with E-state index in [9.17, 15) is 4.79 Å². The molecule has 2 aliphatic heterocycles. The number of carbonyl (C=O) groups is 1. The minimum Gasteiger partial charge on any atom is -0.454 e. The first-order valence-electron chi connectivity index (χ1n) is 8.76. The van der Waals surface area contributed by atoms with Crippen molar-refractivity contribution in [2.45, 2.75) is 11.8 Å². The van der Waals surface area contributed by atoms with E-state index in [1.807, 2.05) is 24.3 Å². The molecule has 29 heavy (non-hydrogen) atoms. The van der Waals surface area contributed by atoms with Gasteiger partial charge in [0.05, 0.1) is 5.75 Å². The zero-order valence-electron chi connectivity index (χ0n) is 15.0. The number of carbonyl (C=O) groups excluding carboxylic acids is 1. The summed E-state index contributed by atoms with van der Waals surface area (Å²) in [4.78, 5) is 12.1. The number of thioether (sulfide) groups is 1. The second-order valence-electron chi connectivity index (χ2n) is 6.19. The zero-order chi connectivity index (χ0) is 19.6. The molecule has 0 unspecified atom stereocenters. The summed E-state index contributed by atoms with van der Waals surface area (Å²) in [6, 6.07) is 10.9. The van der Waals surface area contributed by atoms with Gasteiger partial charge in [0.25, 0.3) is 5.22 Å². The predicted molar refractivity (Wildman–Crippen MR) is 101 cm³/mol. The molecule has 1 amide bonds. The summed E-state index contributed by atoms with van der Waals surface area (Å²) >= 11 is 1.17. The Kier molecular flexibility index (Phi) is 4.60. The van der Waals surface area contributed by atoms with E-state index in [1.165, 1.54) is 11.8 Å². The third kappa shape index (κ3) is 3.79. The molecule has 3 aromatic rings. The lowest BCUT2D eigenvalue weighted by Crippen LogP contribution is -2.24. The van der Waals surface area contributed by atoms with Gasteiger partial charge in [-0.1, -0.05) is 17.8 Å². The fourth-order valence-electron chi connectivity index (χ4n) is 2.84. The molecule has 0 radical (unpaired) electrons. The third-order valence-electron chi connectivity index (χ3n) is 4.28. The topological polar surface area (TPSA) is 105 Å². The monoisotopic (exact) mass is 413 g/mol. The first-order valence-corrected chi connectivity index (χ1v) is 9.75. The summed E-state index contributed by atoms with van der Waals surface area (Å²) in [6.07, 6.45) is 0. The highest BCUT2D eigenvalue weighted by Gasteiger charge is 2.17. The van der Waals surface area contributed by atoms with E-state index in [4.69, 9.17) is 23.4 Å². The van der Waals surface area contributed by atoms with Crippen molar-refractivity contribution in [2.24, 2.45) is 0 Å². The minimum absolute atomic E-state index is 0.143. The van der Waals surface area contributed by atoms with Crippen LogP contribution in [0, 0.1) is 0 Å². The number of amides is 1. The van der Waals surface area contributed by atoms with E-state index >= 15 is 0 Å². The SMILES string of the molecule is O=C(CSc1nnc(-c2ccc3c(c2)OCO3)o1)NCc1ccc2c(c1)OCO2. The second-order valence-corrected chi connectivity index (χ2v) is 7.12. The molecule has 2 aromatic carbocycles. The first kappa shape index (κ1) is 17.7.